The standard InChI is InChI=1S/C27H38O4Si/c1-20(18-22-19-29-27(6,7)30-22)25(28)21(2)31-32(26(3,4)5,23-14-10-8-11-15-23)24-16-12-9-13-17-24/h8-18,21-22,25,28H,19H2,1-7H3/b20-18+/t21-,22-,25-/m0/s1. The highest BCUT2D eigenvalue weighted by Gasteiger charge is 2.51. The van der Waals surface area contributed by atoms with Gasteiger partial charge in [-0.2, -0.15) is 0 Å². The van der Waals surface area contributed by atoms with Gasteiger partial charge < -0.3 is 19.0 Å². The highest BCUT2D eigenvalue weighted by Crippen LogP contribution is 2.38. The van der Waals surface area contributed by atoms with Crippen LogP contribution in [-0.2, 0) is 13.9 Å². The Morgan fingerprint density at radius 2 is 1.56 bits per heavy atom. The molecular formula is C27H38O4Si. The molecule has 0 bridgehead atoms. The number of rotatable bonds is 7. The van der Waals surface area contributed by atoms with Gasteiger partial charge in [-0.1, -0.05) is 87.5 Å². The molecule has 174 valence electrons. The molecule has 3 rings (SSSR count). The van der Waals surface area contributed by atoms with Crippen LogP contribution in [0.1, 0.15) is 48.5 Å². The van der Waals surface area contributed by atoms with Crippen molar-refractivity contribution in [1.82, 2.24) is 0 Å². The molecule has 0 aliphatic carbocycles. The van der Waals surface area contributed by atoms with Gasteiger partial charge in [0.2, 0.25) is 0 Å². The van der Waals surface area contributed by atoms with E-state index in [1.54, 1.807) is 0 Å². The molecule has 4 nitrogen and oxygen atoms in total. The zero-order chi connectivity index (χ0) is 23.6. The van der Waals surface area contributed by atoms with E-state index >= 15 is 0 Å². The fraction of sp³-hybridized carbons (Fsp3) is 0.481. The average molecular weight is 455 g/mol. The van der Waals surface area contributed by atoms with Crippen molar-refractivity contribution in [2.24, 2.45) is 0 Å². The summed E-state index contributed by atoms with van der Waals surface area (Å²) >= 11 is 0. The number of benzene rings is 2. The Balaban J connectivity index is 1.96. The van der Waals surface area contributed by atoms with Gasteiger partial charge in [0.1, 0.15) is 6.10 Å². The molecule has 1 aliphatic heterocycles. The zero-order valence-corrected chi connectivity index (χ0v) is 21.5. The Bertz CT molecular complexity index is 863. The van der Waals surface area contributed by atoms with E-state index in [9.17, 15) is 5.11 Å². The number of hydrogen-bond acceptors (Lipinski definition) is 4. The van der Waals surface area contributed by atoms with Crippen LogP contribution >= 0.6 is 0 Å². The predicted octanol–water partition coefficient (Wildman–Crippen LogP) is 4.41. The van der Waals surface area contributed by atoms with E-state index in [1.807, 2.05) is 45.9 Å². The maximum Gasteiger partial charge on any atom is 0.261 e. The quantitative estimate of drug-likeness (QED) is 0.497. The fourth-order valence-corrected chi connectivity index (χ4v) is 9.30. The molecule has 1 heterocycles. The molecule has 5 heteroatoms. The van der Waals surface area contributed by atoms with Crippen LogP contribution in [-0.4, -0.2) is 44.1 Å². The highest BCUT2D eigenvalue weighted by atomic mass is 28.4. The topological polar surface area (TPSA) is 47.9 Å². The monoisotopic (exact) mass is 454 g/mol. The second-order valence-corrected chi connectivity index (χ2v) is 14.5. The molecule has 0 spiro atoms. The lowest BCUT2D eigenvalue weighted by molar-refractivity contribution is -0.133. The van der Waals surface area contributed by atoms with E-state index in [0.717, 1.165) is 5.57 Å². The van der Waals surface area contributed by atoms with Crippen LogP contribution in [0.5, 0.6) is 0 Å². The first kappa shape index (κ1) is 24.9. The molecule has 1 aliphatic rings. The summed E-state index contributed by atoms with van der Waals surface area (Å²) in [6.07, 6.45) is 0.654. The number of aliphatic hydroxyl groups is 1. The molecule has 0 amide bonds. The van der Waals surface area contributed by atoms with Crippen LogP contribution in [0, 0.1) is 0 Å². The number of ether oxygens (including phenoxy) is 2. The summed E-state index contributed by atoms with van der Waals surface area (Å²) in [6, 6.07) is 21.0. The predicted molar refractivity (Wildman–Crippen MR) is 133 cm³/mol. The molecule has 0 radical (unpaired) electrons. The van der Waals surface area contributed by atoms with E-state index in [4.69, 9.17) is 13.9 Å². The molecule has 0 saturated carbocycles. The Morgan fingerprint density at radius 3 is 1.97 bits per heavy atom. The lowest BCUT2D eigenvalue weighted by Crippen LogP contribution is -2.68. The summed E-state index contributed by atoms with van der Waals surface area (Å²) in [5, 5.41) is 13.5. The van der Waals surface area contributed by atoms with Gasteiger partial charge >= 0.3 is 0 Å². The van der Waals surface area contributed by atoms with Gasteiger partial charge in [0.05, 0.1) is 18.8 Å². The molecule has 0 unspecified atom stereocenters. The highest BCUT2D eigenvalue weighted by molar-refractivity contribution is 6.99. The minimum Gasteiger partial charge on any atom is -0.402 e. The summed E-state index contributed by atoms with van der Waals surface area (Å²) < 4.78 is 18.6. The minimum atomic E-state index is -2.73. The molecule has 1 N–H and O–H groups in total. The lowest BCUT2D eigenvalue weighted by atomic mass is 10.1. The summed E-state index contributed by atoms with van der Waals surface area (Å²) in [6.45, 7) is 14.9. The smallest absolute Gasteiger partial charge is 0.261 e. The van der Waals surface area contributed by atoms with Crippen molar-refractivity contribution < 1.29 is 19.0 Å². The normalized spacial score (nSPS) is 21.4. The maximum atomic E-state index is 11.2. The summed E-state index contributed by atoms with van der Waals surface area (Å²) in [4.78, 5) is 0. The van der Waals surface area contributed by atoms with Gasteiger partial charge in [0, 0.05) is 0 Å². The number of hydrogen-bond donors (Lipinski definition) is 1. The average Bonchev–Trinajstić information content (AvgIpc) is 3.09. The Kier molecular flexibility index (Phi) is 7.47. The van der Waals surface area contributed by atoms with Crippen LogP contribution in [0.15, 0.2) is 72.3 Å². The molecule has 1 saturated heterocycles. The van der Waals surface area contributed by atoms with E-state index in [0.29, 0.717) is 6.61 Å². The van der Waals surface area contributed by atoms with Crippen LogP contribution < -0.4 is 10.4 Å². The van der Waals surface area contributed by atoms with E-state index in [2.05, 4.69) is 69.3 Å². The van der Waals surface area contributed by atoms with Gasteiger partial charge in [-0.25, -0.2) is 0 Å². The third kappa shape index (κ3) is 5.24. The Labute approximate surface area is 194 Å². The van der Waals surface area contributed by atoms with Crippen molar-refractivity contribution in [3.63, 3.8) is 0 Å². The van der Waals surface area contributed by atoms with Crippen LogP contribution in [0.25, 0.3) is 0 Å². The molecule has 32 heavy (non-hydrogen) atoms. The molecule has 0 aromatic heterocycles. The first-order valence-electron chi connectivity index (χ1n) is 11.4. The second-order valence-electron chi connectivity index (χ2n) is 10.2. The van der Waals surface area contributed by atoms with E-state index in [-0.39, 0.29) is 11.1 Å². The van der Waals surface area contributed by atoms with Crippen LogP contribution in [0.3, 0.4) is 0 Å². The fourth-order valence-electron chi connectivity index (χ4n) is 4.59. The third-order valence-corrected chi connectivity index (χ3v) is 11.3. The van der Waals surface area contributed by atoms with Gasteiger partial charge in [0.15, 0.2) is 5.79 Å². The van der Waals surface area contributed by atoms with Crippen molar-refractivity contribution in [3.05, 3.63) is 72.3 Å². The van der Waals surface area contributed by atoms with Crippen molar-refractivity contribution >= 4 is 18.7 Å². The summed E-state index contributed by atoms with van der Waals surface area (Å²) in [5.74, 6) is -0.594. The molecule has 2 aromatic carbocycles. The first-order valence-corrected chi connectivity index (χ1v) is 13.3. The van der Waals surface area contributed by atoms with Gasteiger partial charge in [0.25, 0.3) is 8.32 Å². The molecular weight excluding hydrogens is 416 g/mol. The maximum absolute atomic E-state index is 11.2. The third-order valence-electron chi connectivity index (χ3n) is 6.17. The van der Waals surface area contributed by atoms with E-state index in [1.165, 1.54) is 10.4 Å². The minimum absolute atomic E-state index is 0.145. The van der Waals surface area contributed by atoms with Crippen LogP contribution in [0.4, 0.5) is 0 Å². The van der Waals surface area contributed by atoms with Crippen molar-refractivity contribution in [3.8, 4) is 0 Å². The van der Waals surface area contributed by atoms with Crippen molar-refractivity contribution in [2.45, 2.75) is 77.6 Å². The molecule has 3 atom stereocenters. The van der Waals surface area contributed by atoms with Crippen LogP contribution in [0.2, 0.25) is 5.04 Å². The lowest BCUT2D eigenvalue weighted by Gasteiger charge is -2.45. The van der Waals surface area contributed by atoms with Crippen molar-refractivity contribution in [1.29, 1.82) is 0 Å². The first-order chi connectivity index (χ1) is 15.0. The van der Waals surface area contributed by atoms with Gasteiger partial charge in [-0.05, 0) is 48.7 Å². The van der Waals surface area contributed by atoms with Gasteiger partial charge in [-0.15, -0.1) is 0 Å². The second kappa shape index (κ2) is 9.62. The van der Waals surface area contributed by atoms with Gasteiger partial charge in [-0.3, -0.25) is 0 Å². The number of aliphatic hydroxyl groups excluding tert-OH is 1. The molecule has 2 aromatic rings. The van der Waals surface area contributed by atoms with Crippen molar-refractivity contribution in [2.75, 3.05) is 6.61 Å². The van der Waals surface area contributed by atoms with E-state index < -0.39 is 26.3 Å². The Hall–Kier alpha value is -1.76. The molecule has 1 fully saturated rings. The SMILES string of the molecule is C/C(=C\[C@H]1COC(C)(C)O1)[C@H](O)[C@H](C)O[Si](c1ccccc1)(c1ccccc1)C(C)(C)C. The largest absolute Gasteiger partial charge is 0.402 e. The summed E-state index contributed by atoms with van der Waals surface area (Å²) in [7, 11) is -2.73. The zero-order valence-electron chi connectivity index (χ0n) is 20.5. The summed E-state index contributed by atoms with van der Waals surface area (Å²) in [5.41, 5.74) is 0.835. The Morgan fingerprint density at radius 1 is 1.06 bits per heavy atom.